The molecule has 0 spiro atoms. The Morgan fingerprint density at radius 1 is 1.25 bits per heavy atom. The second-order valence-corrected chi connectivity index (χ2v) is 4.84. The summed E-state index contributed by atoms with van der Waals surface area (Å²) in [6.07, 6.45) is 5.92. The molecule has 0 bridgehead atoms. The lowest BCUT2D eigenvalue weighted by Gasteiger charge is -2.15. The maximum absolute atomic E-state index is 13.4. The number of rotatable bonds is 4. The van der Waals surface area contributed by atoms with Gasteiger partial charge in [0.05, 0.1) is 6.10 Å². The first-order chi connectivity index (χ1) is 7.75. The molecular weight excluding hydrogens is 203 g/mol. The molecule has 2 rings (SSSR count). The lowest BCUT2D eigenvalue weighted by atomic mass is 9.96. The number of aliphatic hydroxyl groups excluding tert-OH is 1. The average Bonchev–Trinajstić information content (AvgIpc) is 2.74. The fourth-order valence-corrected chi connectivity index (χ4v) is 2.63. The lowest BCUT2D eigenvalue weighted by molar-refractivity contribution is 0.142. The summed E-state index contributed by atoms with van der Waals surface area (Å²) in [5, 5.41) is 9.92. The van der Waals surface area contributed by atoms with E-state index in [1.54, 1.807) is 12.1 Å². The van der Waals surface area contributed by atoms with Crippen molar-refractivity contribution in [2.75, 3.05) is 0 Å². The molecule has 0 amide bonds. The Hall–Kier alpha value is -0.890. The van der Waals surface area contributed by atoms with E-state index < -0.39 is 0 Å². The van der Waals surface area contributed by atoms with Crippen LogP contribution in [0.25, 0.3) is 0 Å². The molecule has 0 heterocycles. The Labute approximate surface area is 96.3 Å². The first-order valence-electron chi connectivity index (χ1n) is 6.17. The van der Waals surface area contributed by atoms with E-state index >= 15 is 0 Å². The molecule has 1 fully saturated rings. The van der Waals surface area contributed by atoms with Crippen LogP contribution in [0.3, 0.4) is 0 Å². The fraction of sp³-hybridized carbons (Fsp3) is 0.571. The van der Waals surface area contributed by atoms with Gasteiger partial charge in [0.15, 0.2) is 0 Å². The highest BCUT2D eigenvalue weighted by molar-refractivity contribution is 5.18. The highest BCUT2D eigenvalue weighted by Crippen LogP contribution is 2.29. The molecule has 2 heteroatoms. The van der Waals surface area contributed by atoms with Crippen LogP contribution in [-0.4, -0.2) is 11.2 Å². The molecule has 1 saturated carbocycles. The Balaban J connectivity index is 1.86. The van der Waals surface area contributed by atoms with E-state index in [2.05, 4.69) is 0 Å². The van der Waals surface area contributed by atoms with Crippen LogP contribution >= 0.6 is 0 Å². The SMILES string of the molecule is OC(Cc1ccccc1F)CC1CCCC1. The van der Waals surface area contributed by atoms with E-state index in [1.165, 1.54) is 31.7 Å². The van der Waals surface area contributed by atoms with Gasteiger partial charge in [-0.05, 0) is 24.0 Å². The molecule has 1 unspecified atom stereocenters. The summed E-state index contributed by atoms with van der Waals surface area (Å²) in [5.41, 5.74) is 0.632. The van der Waals surface area contributed by atoms with E-state index in [4.69, 9.17) is 0 Å². The zero-order valence-corrected chi connectivity index (χ0v) is 9.53. The van der Waals surface area contributed by atoms with Crippen molar-refractivity contribution in [2.45, 2.75) is 44.6 Å². The van der Waals surface area contributed by atoms with E-state index in [-0.39, 0.29) is 11.9 Å². The molecule has 0 radical (unpaired) electrons. The fourth-order valence-electron chi connectivity index (χ4n) is 2.63. The van der Waals surface area contributed by atoms with Crippen molar-refractivity contribution in [1.82, 2.24) is 0 Å². The van der Waals surface area contributed by atoms with Gasteiger partial charge in [-0.2, -0.15) is 0 Å². The lowest BCUT2D eigenvalue weighted by Crippen LogP contribution is -2.15. The van der Waals surface area contributed by atoms with Crippen molar-refractivity contribution < 1.29 is 9.50 Å². The summed E-state index contributed by atoms with van der Waals surface area (Å²) in [4.78, 5) is 0. The number of benzene rings is 1. The van der Waals surface area contributed by atoms with Gasteiger partial charge in [-0.3, -0.25) is 0 Å². The minimum Gasteiger partial charge on any atom is -0.393 e. The number of halogens is 1. The highest BCUT2D eigenvalue weighted by atomic mass is 19.1. The molecule has 1 aliphatic rings. The maximum Gasteiger partial charge on any atom is 0.126 e. The summed E-state index contributed by atoms with van der Waals surface area (Å²) in [6.45, 7) is 0. The van der Waals surface area contributed by atoms with E-state index in [0.717, 1.165) is 6.42 Å². The molecule has 1 aromatic rings. The largest absolute Gasteiger partial charge is 0.393 e. The molecule has 1 N–H and O–H groups in total. The third kappa shape index (κ3) is 3.05. The monoisotopic (exact) mass is 222 g/mol. The third-order valence-electron chi connectivity index (χ3n) is 3.49. The minimum atomic E-state index is -0.389. The van der Waals surface area contributed by atoms with E-state index in [9.17, 15) is 9.50 Å². The quantitative estimate of drug-likeness (QED) is 0.828. The van der Waals surface area contributed by atoms with Gasteiger partial charge in [-0.25, -0.2) is 4.39 Å². The Morgan fingerprint density at radius 3 is 2.62 bits per heavy atom. The molecule has 1 nitrogen and oxygen atoms in total. The smallest absolute Gasteiger partial charge is 0.126 e. The van der Waals surface area contributed by atoms with Crippen molar-refractivity contribution in [3.05, 3.63) is 35.6 Å². The van der Waals surface area contributed by atoms with Gasteiger partial charge in [0.1, 0.15) is 5.82 Å². The topological polar surface area (TPSA) is 20.2 Å². The Morgan fingerprint density at radius 2 is 1.94 bits per heavy atom. The van der Waals surface area contributed by atoms with E-state index in [1.807, 2.05) is 6.07 Å². The van der Waals surface area contributed by atoms with Gasteiger partial charge < -0.3 is 5.11 Å². The van der Waals surface area contributed by atoms with Crippen LogP contribution in [0, 0.1) is 11.7 Å². The molecule has 0 saturated heterocycles. The van der Waals surface area contributed by atoms with Crippen LogP contribution in [-0.2, 0) is 6.42 Å². The van der Waals surface area contributed by atoms with Gasteiger partial charge >= 0.3 is 0 Å². The van der Waals surface area contributed by atoms with Crippen LogP contribution in [0.4, 0.5) is 4.39 Å². The van der Waals surface area contributed by atoms with Crippen LogP contribution < -0.4 is 0 Å². The highest BCUT2D eigenvalue weighted by Gasteiger charge is 2.19. The second kappa shape index (κ2) is 5.44. The molecule has 1 aromatic carbocycles. The standard InChI is InChI=1S/C14H19FO/c15-14-8-4-3-7-12(14)10-13(16)9-11-5-1-2-6-11/h3-4,7-8,11,13,16H,1-2,5-6,9-10H2. The number of hydrogen-bond donors (Lipinski definition) is 1. The zero-order chi connectivity index (χ0) is 11.4. The van der Waals surface area contributed by atoms with Crippen LogP contribution in [0.2, 0.25) is 0 Å². The third-order valence-corrected chi connectivity index (χ3v) is 3.49. The maximum atomic E-state index is 13.4. The van der Waals surface area contributed by atoms with Gasteiger partial charge in [-0.15, -0.1) is 0 Å². The predicted octanol–water partition coefficient (Wildman–Crippen LogP) is 3.31. The second-order valence-electron chi connectivity index (χ2n) is 4.84. The first-order valence-corrected chi connectivity index (χ1v) is 6.17. The number of hydrogen-bond acceptors (Lipinski definition) is 1. The summed E-state index contributed by atoms with van der Waals surface area (Å²) in [6, 6.07) is 6.72. The Bertz CT molecular complexity index is 331. The zero-order valence-electron chi connectivity index (χ0n) is 9.53. The normalized spacial score (nSPS) is 18.9. The summed E-state index contributed by atoms with van der Waals surface area (Å²) in [5.74, 6) is 0.453. The number of aliphatic hydroxyl groups is 1. The van der Waals surface area contributed by atoms with Crippen LogP contribution in [0.5, 0.6) is 0 Å². The van der Waals surface area contributed by atoms with Crippen molar-refractivity contribution in [1.29, 1.82) is 0 Å². The molecule has 1 aliphatic carbocycles. The molecule has 1 atom stereocenters. The summed E-state index contributed by atoms with van der Waals surface area (Å²) >= 11 is 0. The Kier molecular flexibility index (Phi) is 3.94. The van der Waals surface area contributed by atoms with Gasteiger partial charge in [0.2, 0.25) is 0 Å². The minimum absolute atomic E-state index is 0.201. The van der Waals surface area contributed by atoms with Crippen molar-refractivity contribution in [3.63, 3.8) is 0 Å². The molecule has 0 aromatic heterocycles. The van der Waals surface area contributed by atoms with Crippen molar-refractivity contribution >= 4 is 0 Å². The predicted molar refractivity (Wildman–Crippen MR) is 62.7 cm³/mol. The van der Waals surface area contributed by atoms with Gasteiger partial charge in [0.25, 0.3) is 0 Å². The summed E-state index contributed by atoms with van der Waals surface area (Å²) in [7, 11) is 0. The molecular formula is C14H19FO. The van der Waals surface area contributed by atoms with Crippen molar-refractivity contribution in [3.8, 4) is 0 Å². The molecule has 16 heavy (non-hydrogen) atoms. The first kappa shape index (κ1) is 11.6. The summed E-state index contributed by atoms with van der Waals surface area (Å²) < 4.78 is 13.4. The average molecular weight is 222 g/mol. The van der Waals surface area contributed by atoms with Gasteiger partial charge in [0, 0.05) is 6.42 Å². The molecule has 0 aliphatic heterocycles. The van der Waals surface area contributed by atoms with Gasteiger partial charge in [-0.1, -0.05) is 43.9 Å². The molecule has 88 valence electrons. The van der Waals surface area contributed by atoms with Crippen molar-refractivity contribution in [2.24, 2.45) is 5.92 Å². The van der Waals surface area contributed by atoms with E-state index in [0.29, 0.717) is 17.9 Å². The van der Waals surface area contributed by atoms with Crippen LogP contribution in [0.1, 0.15) is 37.7 Å². The van der Waals surface area contributed by atoms with Crippen LogP contribution in [0.15, 0.2) is 24.3 Å².